The van der Waals surface area contributed by atoms with Crippen molar-refractivity contribution >= 4 is 11.9 Å². The van der Waals surface area contributed by atoms with Crippen LogP contribution in [0.4, 0.5) is 0 Å². The number of amides is 1. The molecule has 0 radical (unpaired) electrons. The maximum absolute atomic E-state index is 12.5. The lowest BCUT2D eigenvalue weighted by molar-refractivity contribution is -0.137. The highest BCUT2D eigenvalue weighted by Crippen LogP contribution is 2.20. The molecular formula is C17H21N3O3. The Bertz CT molecular complexity index is 750. The minimum Gasteiger partial charge on any atom is -0.480 e. The molecule has 6 heteroatoms. The number of rotatable bonds is 5. The van der Waals surface area contributed by atoms with E-state index < -0.39 is 5.97 Å². The van der Waals surface area contributed by atoms with Crippen molar-refractivity contribution in [3.05, 3.63) is 46.8 Å². The first-order valence-electron chi connectivity index (χ1n) is 7.48. The molecular weight excluding hydrogens is 294 g/mol. The molecule has 1 aromatic carbocycles. The van der Waals surface area contributed by atoms with Gasteiger partial charge in [-0.2, -0.15) is 5.10 Å². The third kappa shape index (κ3) is 3.41. The zero-order chi connectivity index (χ0) is 17.1. The summed E-state index contributed by atoms with van der Waals surface area (Å²) in [6.45, 7) is 7.57. The molecule has 0 bridgehead atoms. The van der Waals surface area contributed by atoms with Crippen LogP contribution in [0.1, 0.15) is 34.1 Å². The minimum absolute atomic E-state index is 0.316. The standard InChI is InChI=1S/C17H21N3O3/c1-5-19(10-16(21)22)17(23)14-9-18-20(13(14)4)15-8-11(2)6-7-12(15)3/h6-9H,5,10H2,1-4H3,(H,21,22). The van der Waals surface area contributed by atoms with Gasteiger partial charge in [0.05, 0.1) is 23.1 Å². The molecule has 1 heterocycles. The third-order valence-corrected chi connectivity index (χ3v) is 3.83. The first kappa shape index (κ1) is 16.7. The van der Waals surface area contributed by atoms with Crippen LogP contribution in [-0.4, -0.2) is 44.8 Å². The molecule has 0 saturated carbocycles. The lowest BCUT2D eigenvalue weighted by atomic mass is 10.1. The Morgan fingerprint density at radius 3 is 2.57 bits per heavy atom. The first-order chi connectivity index (χ1) is 10.8. The van der Waals surface area contributed by atoms with E-state index in [1.807, 2.05) is 39.0 Å². The zero-order valence-electron chi connectivity index (χ0n) is 13.8. The quantitative estimate of drug-likeness (QED) is 0.919. The number of aliphatic carboxylic acids is 1. The summed E-state index contributed by atoms with van der Waals surface area (Å²) in [5.41, 5.74) is 4.21. The predicted octanol–water partition coefficient (Wildman–Crippen LogP) is 2.34. The van der Waals surface area contributed by atoms with Gasteiger partial charge in [0.25, 0.3) is 5.91 Å². The van der Waals surface area contributed by atoms with Gasteiger partial charge in [0.15, 0.2) is 0 Å². The molecule has 0 aliphatic carbocycles. The average Bonchev–Trinajstić information content (AvgIpc) is 2.88. The molecule has 0 aliphatic heterocycles. The van der Waals surface area contributed by atoms with E-state index in [1.165, 1.54) is 11.1 Å². The Morgan fingerprint density at radius 1 is 1.26 bits per heavy atom. The summed E-state index contributed by atoms with van der Waals surface area (Å²) in [6, 6.07) is 6.05. The number of aromatic nitrogens is 2. The number of carbonyl (C=O) groups is 2. The number of likely N-dealkylation sites (N-methyl/N-ethyl adjacent to an activating group) is 1. The van der Waals surface area contributed by atoms with Crippen LogP contribution in [0.15, 0.2) is 24.4 Å². The average molecular weight is 315 g/mol. The number of carboxylic acids is 1. The number of hydrogen-bond acceptors (Lipinski definition) is 3. The molecule has 0 spiro atoms. The van der Waals surface area contributed by atoms with Gasteiger partial charge >= 0.3 is 5.97 Å². The molecule has 0 atom stereocenters. The van der Waals surface area contributed by atoms with Crippen molar-refractivity contribution < 1.29 is 14.7 Å². The molecule has 23 heavy (non-hydrogen) atoms. The summed E-state index contributed by atoms with van der Waals surface area (Å²) < 4.78 is 1.73. The summed E-state index contributed by atoms with van der Waals surface area (Å²) in [7, 11) is 0. The second-order valence-corrected chi connectivity index (χ2v) is 5.56. The summed E-state index contributed by atoms with van der Waals surface area (Å²) in [4.78, 5) is 24.7. The fraction of sp³-hybridized carbons (Fsp3) is 0.353. The summed E-state index contributed by atoms with van der Waals surface area (Å²) in [5.74, 6) is -1.34. The van der Waals surface area contributed by atoms with Gasteiger partial charge < -0.3 is 10.0 Å². The maximum Gasteiger partial charge on any atom is 0.323 e. The van der Waals surface area contributed by atoms with Crippen LogP contribution in [0.2, 0.25) is 0 Å². The molecule has 2 aromatic rings. The Kier molecular flexibility index (Phi) is 4.83. The Balaban J connectivity index is 2.41. The number of benzene rings is 1. The molecule has 0 aliphatic rings. The van der Waals surface area contributed by atoms with E-state index in [0.29, 0.717) is 17.8 Å². The van der Waals surface area contributed by atoms with Crippen molar-refractivity contribution in [1.29, 1.82) is 0 Å². The van der Waals surface area contributed by atoms with Gasteiger partial charge in [-0.1, -0.05) is 12.1 Å². The molecule has 0 saturated heterocycles. The molecule has 1 aromatic heterocycles. The largest absolute Gasteiger partial charge is 0.480 e. The van der Waals surface area contributed by atoms with Crippen LogP contribution in [-0.2, 0) is 4.79 Å². The van der Waals surface area contributed by atoms with Gasteiger partial charge in [-0.05, 0) is 44.9 Å². The summed E-state index contributed by atoms with van der Waals surface area (Å²) in [6.07, 6.45) is 1.50. The fourth-order valence-electron chi connectivity index (χ4n) is 2.47. The molecule has 0 fully saturated rings. The lowest BCUT2D eigenvalue weighted by Crippen LogP contribution is -2.35. The number of carbonyl (C=O) groups excluding carboxylic acids is 1. The molecule has 1 N–H and O–H groups in total. The molecule has 2 rings (SSSR count). The normalized spacial score (nSPS) is 10.6. The Hall–Kier alpha value is -2.63. The smallest absolute Gasteiger partial charge is 0.323 e. The Labute approximate surface area is 135 Å². The monoisotopic (exact) mass is 315 g/mol. The van der Waals surface area contributed by atoms with Crippen LogP contribution < -0.4 is 0 Å². The summed E-state index contributed by atoms with van der Waals surface area (Å²) >= 11 is 0. The second-order valence-electron chi connectivity index (χ2n) is 5.56. The number of carboxylic acid groups (broad SMARTS) is 1. The number of nitrogens with zero attached hydrogens (tertiary/aromatic N) is 3. The molecule has 122 valence electrons. The van der Waals surface area contributed by atoms with Crippen LogP contribution in [0.25, 0.3) is 5.69 Å². The van der Waals surface area contributed by atoms with Crippen LogP contribution >= 0.6 is 0 Å². The van der Waals surface area contributed by atoms with Crippen LogP contribution in [0.5, 0.6) is 0 Å². The topological polar surface area (TPSA) is 75.4 Å². The van der Waals surface area contributed by atoms with E-state index in [0.717, 1.165) is 16.8 Å². The summed E-state index contributed by atoms with van der Waals surface area (Å²) in [5, 5.41) is 13.2. The van der Waals surface area contributed by atoms with E-state index in [-0.39, 0.29) is 12.5 Å². The zero-order valence-corrected chi connectivity index (χ0v) is 13.8. The van der Waals surface area contributed by atoms with Crippen molar-refractivity contribution in [3.8, 4) is 5.69 Å². The fourth-order valence-corrected chi connectivity index (χ4v) is 2.47. The number of hydrogen-bond donors (Lipinski definition) is 1. The van der Waals surface area contributed by atoms with Gasteiger partial charge in [-0.15, -0.1) is 0 Å². The second kappa shape index (κ2) is 6.64. The number of aryl methyl sites for hydroxylation is 2. The van der Waals surface area contributed by atoms with Gasteiger partial charge in [0, 0.05) is 6.54 Å². The highest BCUT2D eigenvalue weighted by Gasteiger charge is 2.22. The van der Waals surface area contributed by atoms with Gasteiger partial charge in [0.1, 0.15) is 6.54 Å². The molecule has 6 nitrogen and oxygen atoms in total. The minimum atomic E-state index is -1.03. The van der Waals surface area contributed by atoms with Crippen molar-refractivity contribution in [1.82, 2.24) is 14.7 Å². The van der Waals surface area contributed by atoms with E-state index in [2.05, 4.69) is 5.10 Å². The van der Waals surface area contributed by atoms with Gasteiger partial charge in [0.2, 0.25) is 0 Å². The van der Waals surface area contributed by atoms with Crippen molar-refractivity contribution in [2.24, 2.45) is 0 Å². The van der Waals surface area contributed by atoms with Crippen LogP contribution in [0.3, 0.4) is 0 Å². The maximum atomic E-state index is 12.5. The van der Waals surface area contributed by atoms with Crippen molar-refractivity contribution in [2.75, 3.05) is 13.1 Å². The van der Waals surface area contributed by atoms with Gasteiger partial charge in [-0.25, -0.2) is 4.68 Å². The lowest BCUT2D eigenvalue weighted by Gasteiger charge is -2.18. The molecule has 0 unspecified atom stereocenters. The van der Waals surface area contributed by atoms with E-state index in [9.17, 15) is 9.59 Å². The predicted molar refractivity (Wildman–Crippen MR) is 87.0 cm³/mol. The van der Waals surface area contributed by atoms with Crippen LogP contribution in [0, 0.1) is 20.8 Å². The van der Waals surface area contributed by atoms with Crippen molar-refractivity contribution in [2.45, 2.75) is 27.7 Å². The Morgan fingerprint density at radius 2 is 1.96 bits per heavy atom. The van der Waals surface area contributed by atoms with E-state index in [4.69, 9.17) is 5.11 Å². The van der Waals surface area contributed by atoms with E-state index in [1.54, 1.807) is 11.6 Å². The van der Waals surface area contributed by atoms with Crippen molar-refractivity contribution in [3.63, 3.8) is 0 Å². The third-order valence-electron chi connectivity index (χ3n) is 3.83. The highest BCUT2D eigenvalue weighted by atomic mass is 16.4. The molecule has 1 amide bonds. The van der Waals surface area contributed by atoms with Gasteiger partial charge in [-0.3, -0.25) is 9.59 Å². The SMILES string of the molecule is CCN(CC(=O)O)C(=O)c1cnn(-c2cc(C)ccc2C)c1C. The highest BCUT2D eigenvalue weighted by molar-refractivity contribution is 5.96. The van der Waals surface area contributed by atoms with E-state index >= 15 is 0 Å². The first-order valence-corrected chi connectivity index (χ1v) is 7.48.